The zero-order valence-electron chi connectivity index (χ0n) is 9.90. The smallest absolute Gasteiger partial charge is 0.355 e. The van der Waals surface area contributed by atoms with Crippen molar-refractivity contribution in [2.45, 2.75) is 13.8 Å². The van der Waals surface area contributed by atoms with Crippen molar-refractivity contribution >= 4 is 16.9 Å². The van der Waals surface area contributed by atoms with Gasteiger partial charge in [-0.3, -0.25) is 4.79 Å². The van der Waals surface area contributed by atoms with Crippen molar-refractivity contribution in [1.29, 1.82) is 0 Å². The number of esters is 1. The molecule has 0 spiro atoms. The molecule has 6 heteroatoms. The number of aryl methyl sites for hydroxylation is 2. The summed E-state index contributed by atoms with van der Waals surface area (Å²) in [6, 6.07) is 0. The molecule has 0 aliphatic rings. The van der Waals surface area contributed by atoms with Crippen molar-refractivity contribution in [1.82, 2.24) is 14.8 Å². The van der Waals surface area contributed by atoms with Gasteiger partial charge < -0.3 is 9.30 Å². The third-order valence-corrected chi connectivity index (χ3v) is 2.73. The minimum absolute atomic E-state index is 0.300. The Morgan fingerprint density at radius 1 is 1.59 bits per heavy atom. The molecule has 0 unspecified atom stereocenters. The molecule has 0 aliphatic carbocycles. The molecule has 2 heterocycles. The average Bonchev–Trinajstić information content (AvgIpc) is 2.53. The fraction of sp³-hybridized carbons (Fsp3) is 0.364. The lowest BCUT2D eigenvalue weighted by Crippen LogP contribution is -2.11. The predicted octanol–water partition coefficient (Wildman–Crippen LogP) is 0.747. The van der Waals surface area contributed by atoms with Gasteiger partial charge in [0.15, 0.2) is 0 Å². The number of carbonyl (C=O) groups is 1. The molecule has 0 aromatic carbocycles. The van der Waals surface area contributed by atoms with Crippen LogP contribution in [0.4, 0.5) is 0 Å². The number of aromatic nitrogens is 3. The lowest BCUT2D eigenvalue weighted by molar-refractivity contribution is 0.0515. The van der Waals surface area contributed by atoms with Gasteiger partial charge in [-0.1, -0.05) is 0 Å². The molecule has 0 bridgehead atoms. The number of hydrogen-bond acceptors (Lipinski definition) is 4. The Bertz CT molecular complexity index is 639. The first-order chi connectivity index (χ1) is 8.07. The van der Waals surface area contributed by atoms with Crippen molar-refractivity contribution in [3.05, 3.63) is 27.8 Å². The highest BCUT2D eigenvalue weighted by molar-refractivity contribution is 5.98. The fourth-order valence-electron chi connectivity index (χ4n) is 1.99. The minimum atomic E-state index is -0.428. The number of carbonyl (C=O) groups excluding carboxylic acids is 1. The van der Waals surface area contributed by atoms with Gasteiger partial charge in [0.2, 0.25) is 0 Å². The van der Waals surface area contributed by atoms with Crippen LogP contribution < -0.4 is 5.56 Å². The van der Waals surface area contributed by atoms with E-state index in [0.29, 0.717) is 28.8 Å². The van der Waals surface area contributed by atoms with E-state index in [2.05, 4.69) is 10.2 Å². The van der Waals surface area contributed by atoms with E-state index in [4.69, 9.17) is 4.74 Å². The van der Waals surface area contributed by atoms with Crippen LogP contribution in [0.3, 0.4) is 0 Å². The number of H-pyrrole nitrogens is 1. The van der Waals surface area contributed by atoms with E-state index in [9.17, 15) is 9.59 Å². The number of ether oxygens (including phenoxy) is 1. The standard InChI is InChI=1S/C11H13N3O3/c1-4-17-11(16)9-6(2)8-7(14(9)3)5-12-13-10(8)15/h5H,4H2,1-3H3,(H,13,15). The monoisotopic (exact) mass is 235 g/mol. The maximum absolute atomic E-state index is 11.8. The third-order valence-electron chi connectivity index (χ3n) is 2.73. The lowest BCUT2D eigenvalue weighted by atomic mass is 10.2. The second kappa shape index (κ2) is 4.04. The number of hydrogen-bond donors (Lipinski definition) is 1. The average molecular weight is 235 g/mol. The summed E-state index contributed by atoms with van der Waals surface area (Å²) in [5.74, 6) is -0.428. The molecule has 1 N–H and O–H groups in total. The number of rotatable bonds is 2. The molecule has 0 radical (unpaired) electrons. The van der Waals surface area contributed by atoms with E-state index in [-0.39, 0.29) is 5.56 Å². The SMILES string of the molecule is CCOC(=O)c1c(C)c2c(=O)[nH]ncc2n1C. The van der Waals surface area contributed by atoms with Crippen molar-refractivity contribution in [2.75, 3.05) is 6.61 Å². The molecule has 0 aliphatic heterocycles. The molecular formula is C11H13N3O3. The zero-order chi connectivity index (χ0) is 12.6. The van der Waals surface area contributed by atoms with Gasteiger partial charge in [0.05, 0.1) is 23.7 Å². The largest absolute Gasteiger partial charge is 0.461 e. The van der Waals surface area contributed by atoms with E-state index in [1.54, 1.807) is 25.5 Å². The van der Waals surface area contributed by atoms with E-state index in [1.165, 1.54) is 6.20 Å². The second-order valence-electron chi connectivity index (χ2n) is 3.71. The summed E-state index contributed by atoms with van der Waals surface area (Å²) in [7, 11) is 1.71. The maximum Gasteiger partial charge on any atom is 0.355 e. The maximum atomic E-state index is 11.8. The molecule has 0 amide bonds. The number of nitrogens with zero attached hydrogens (tertiary/aromatic N) is 2. The molecular weight excluding hydrogens is 222 g/mol. The molecule has 0 atom stereocenters. The van der Waals surface area contributed by atoms with Crippen LogP contribution in [0.15, 0.2) is 11.0 Å². The first-order valence-electron chi connectivity index (χ1n) is 5.27. The normalized spacial score (nSPS) is 10.8. The van der Waals surface area contributed by atoms with Gasteiger partial charge in [0.1, 0.15) is 5.69 Å². The summed E-state index contributed by atoms with van der Waals surface area (Å²) < 4.78 is 6.60. The molecule has 2 aromatic heterocycles. The molecule has 17 heavy (non-hydrogen) atoms. The van der Waals surface area contributed by atoms with Crippen LogP contribution in [0.2, 0.25) is 0 Å². The minimum Gasteiger partial charge on any atom is -0.461 e. The molecule has 0 saturated carbocycles. The Labute approximate surface area is 97.2 Å². The van der Waals surface area contributed by atoms with Crippen molar-refractivity contribution in [2.24, 2.45) is 7.05 Å². The van der Waals surface area contributed by atoms with Crippen molar-refractivity contribution in [3.63, 3.8) is 0 Å². The molecule has 2 aromatic rings. The topological polar surface area (TPSA) is 77.0 Å². The van der Waals surface area contributed by atoms with Crippen molar-refractivity contribution < 1.29 is 9.53 Å². The summed E-state index contributed by atoms with van der Waals surface area (Å²) in [6.07, 6.45) is 1.52. The van der Waals surface area contributed by atoms with Gasteiger partial charge >= 0.3 is 5.97 Å². The summed E-state index contributed by atoms with van der Waals surface area (Å²) in [5, 5.41) is 6.56. The highest BCUT2D eigenvalue weighted by atomic mass is 16.5. The van der Waals surface area contributed by atoms with E-state index in [0.717, 1.165) is 0 Å². The Kier molecular flexibility index (Phi) is 2.71. The molecule has 0 saturated heterocycles. The van der Waals surface area contributed by atoms with Crippen LogP contribution >= 0.6 is 0 Å². The predicted molar refractivity (Wildman–Crippen MR) is 62.0 cm³/mol. The van der Waals surface area contributed by atoms with Gasteiger partial charge in [-0.2, -0.15) is 5.10 Å². The van der Waals surface area contributed by atoms with Gasteiger partial charge in [-0.25, -0.2) is 9.89 Å². The fourth-order valence-corrected chi connectivity index (χ4v) is 1.99. The van der Waals surface area contributed by atoms with Crippen LogP contribution in [0.5, 0.6) is 0 Å². The Balaban J connectivity index is 2.78. The number of fused-ring (bicyclic) bond motifs is 1. The summed E-state index contributed by atoms with van der Waals surface area (Å²) >= 11 is 0. The third kappa shape index (κ3) is 1.61. The van der Waals surface area contributed by atoms with Gasteiger partial charge in [0, 0.05) is 7.05 Å². The first kappa shape index (κ1) is 11.4. The molecule has 0 fully saturated rings. The highest BCUT2D eigenvalue weighted by Crippen LogP contribution is 2.21. The first-order valence-corrected chi connectivity index (χ1v) is 5.27. The van der Waals surface area contributed by atoms with Gasteiger partial charge in [-0.05, 0) is 19.4 Å². The van der Waals surface area contributed by atoms with Gasteiger partial charge in [0.25, 0.3) is 5.56 Å². The molecule has 6 nitrogen and oxygen atoms in total. The summed E-state index contributed by atoms with van der Waals surface area (Å²) in [5.41, 5.74) is 1.32. The molecule has 2 rings (SSSR count). The Morgan fingerprint density at radius 2 is 2.29 bits per heavy atom. The zero-order valence-corrected chi connectivity index (χ0v) is 9.90. The van der Waals surface area contributed by atoms with Crippen molar-refractivity contribution in [3.8, 4) is 0 Å². The molecule has 90 valence electrons. The van der Waals surface area contributed by atoms with E-state index >= 15 is 0 Å². The Morgan fingerprint density at radius 3 is 2.88 bits per heavy atom. The van der Waals surface area contributed by atoms with E-state index < -0.39 is 5.97 Å². The van der Waals surface area contributed by atoms with Gasteiger partial charge in [-0.15, -0.1) is 0 Å². The van der Waals surface area contributed by atoms with E-state index in [1.807, 2.05) is 0 Å². The van der Waals surface area contributed by atoms with Crippen LogP contribution in [-0.4, -0.2) is 27.3 Å². The Hall–Kier alpha value is -2.11. The summed E-state index contributed by atoms with van der Waals surface area (Å²) in [4.78, 5) is 23.5. The lowest BCUT2D eigenvalue weighted by Gasteiger charge is -2.04. The van der Waals surface area contributed by atoms with Crippen LogP contribution in [-0.2, 0) is 11.8 Å². The quantitative estimate of drug-likeness (QED) is 0.779. The number of aromatic amines is 1. The summed E-state index contributed by atoms with van der Waals surface area (Å²) in [6.45, 7) is 3.77. The van der Waals surface area contributed by atoms with Crippen LogP contribution in [0.25, 0.3) is 10.9 Å². The van der Waals surface area contributed by atoms with Crippen LogP contribution in [0.1, 0.15) is 23.0 Å². The second-order valence-corrected chi connectivity index (χ2v) is 3.71. The van der Waals surface area contributed by atoms with Crippen LogP contribution in [0, 0.1) is 6.92 Å². The number of nitrogens with one attached hydrogen (secondary N) is 1. The highest BCUT2D eigenvalue weighted by Gasteiger charge is 2.21.